The maximum atomic E-state index is 3.65. The zero-order valence-electron chi connectivity index (χ0n) is 12.5. The van der Waals surface area contributed by atoms with Crippen LogP contribution >= 0.6 is 11.8 Å². The van der Waals surface area contributed by atoms with Gasteiger partial charge in [-0.2, -0.15) is 11.8 Å². The van der Waals surface area contributed by atoms with E-state index in [-0.39, 0.29) is 0 Å². The molecule has 0 amide bonds. The molecule has 0 bridgehead atoms. The molecule has 17 heavy (non-hydrogen) atoms. The van der Waals surface area contributed by atoms with E-state index in [1.165, 1.54) is 37.6 Å². The second-order valence-corrected chi connectivity index (χ2v) is 6.06. The lowest BCUT2D eigenvalue weighted by Crippen LogP contribution is -2.37. The predicted octanol–water partition coefficient (Wildman–Crippen LogP) is 3.09. The van der Waals surface area contributed by atoms with Crippen molar-refractivity contribution in [2.45, 2.75) is 47.1 Å². The molecule has 0 saturated carbocycles. The van der Waals surface area contributed by atoms with Gasteiger partial charge in [0.15, 0.2) is 0 Å². The van der Waals surface area contributed by atoms with Crippen LogP contribution in [0.5, 0.6) is 0 Å². The molecule has 104 valence electrons. The molecule has 3 heteroatoms. The van der Waals surface area contributed by atoms with Gasteiger partial charge in [0, 0.05) is 24.1 Å². The lowest BCUT2D eigenvalue weighted by molar-refractivity contribution is 0.323. The molecule has 0 aliphatic carbocycles. The van der Waals surface area contributed by atoms with Crippen LogP contribution in [0.1, 0.15) is 41.0 Å². The van der Waals surface area contributed by atoms with Crippen LogP contribution < -0.4 is 5.32 Å². The Morgan fingerprint density at radius 3 is 2.24 bits per heavy atom. The highest BCUT2D eigenvalue weighted by molar-refractivity contribution is 7.99. The van der Waals surface area contributed by atoms with Crippen LogP contribution in [0, 0.1) is 5.92 Å². The number of thioether (sulfide) groups is 1. The summed E-state index contributed by atoms with van der Waals surface area (Å²) in [6.45, 7) is 16.1. The molecule has 0 saturated heterocycles. The highest BCUT2D eigenvalue weighted by Gasteiger charge is 2.12. The van der Waals surface area contributed by atoms with E-state index in [0.717, 1.165) is 12.5 Å². The molecular formula is C14H32N2S. The second-order valence-electron chi connectivity index (χ2n) is 4.91. The number of nitrogens with zero attached hydrogens (tertiary/aromatic N) is 1. The largest absolute Gasteiger partial charge is 0.313 e. The third-order valence-corrected chi connectivity index (χ3v) is 4.27. The zero-order chi connectivity index (χ0) is 13.1. The Morgan fingerprint density at radius 1 is 1.12 bits per heavy atom. The van der Waals surface area contributed by atoms with E-state index in [1.807, 2.05) is 0 Å². The lowest BCUT2D eigenvalue weighted by atomic mass is 10.1. The average molecular weight is 260 g/mol. The van der Waals surface area contributed by atoms with Crippen LogP contribution in [0.4, 0.5) is 0 Å². The summed E-state index contributed by atoms with van der Waals surface area (Å²) < 4.78 is 0. The van der Waals surface area contributed by atoms with E-state index >= 15 is 0 Å². The molecule has 2 nitrogen and oxygen atoms in total. The van der Waals surface area contributed by atoms with Gasteiger partial charge in [0.2, 0.25) is 0 Å². The van der Waals surface area contributed by atoms with E-state index in [9.17, 15) is 0 Å². The summed E-state index contributed by atoms with van der Waals surface area (Å²) >= 11 is 2.10. The molecule has 0 spiro atoms. The van der Waals surface area contributed by atoms with Gasteiger partial charge < -0.3 is 10.2 Å². The maximum Gasteiger partial charge on any atom is 0.0181 e. The fourth-order valence-corrected chi connectivity index (χ4v) is 3.07. The first-order valence-corrected chi connectivity index (χ1v) is 8.34. The minimum atomic E-state index is 0.677. The summed E-state index contributed by atoms with van der Waals surface area (Å²) in [4.78, 5) is 2.50. The van der Waals surface area contributed by atoms with Crippen molar-refractivity contribution in [3.8, 4) is 0 Å². The van der Waals surface area contributed by atoms with Gasteiger partial charge in [0.1, 0.15) is 0 Å². The van der Waals surface area contributed by atoms with Gasteiger partial charge in [-0.15, -0.1) is 0 Å². The minimum absolute atomic E-state index is 0.677. The Balaban J connectivity index is 3.66. The van der Waals surface area contributed by atoms with Crippen LogP contribution in [0.3, 0.4) is 0 Å². The number of nitrogens with one attached hydrogen (secondary N) is 1. The normalized spacial score (nSPS) is 13.6. The van der Waals surface area contributed by atoms with E-state index in [4.69, 9.17) is 0 Å². The number of rotatable bonds is 11. The third kappa shape index (κ3) is 8.92. The first kappa shape index (κ1) is 17.3. The molecule has 0 heterocycles. The van der Waals surface area contributed by atoms with Crippen molar-refractivity contribution in [2.75, 3.05) is 37.7 Å². The Kier molecular flexibility index (Phi) is 11.5. The first-order valence-electron chi connectivity index (χ1n) is 7.19. The maximum absolute atomic E-state index is 3.65. The van der Waals surface area contributed by atoms with Gasteiger partial charge >= 0.3 is 0 Å². The highest BCUT2D eigenvalue weighted by atomic mass is 32.2. The summed E-state index contributed by atoms with van der Waals surface area (Å²) in [5.74, 6) is 3.25. The summed E-state index contributed by atoms with van der Waals surface area (Å²) in [5.41, 5.74) is 0. The first-order chi connectivity index (χ1) is 8.15. The number of hydrogen-bond acceptors (Lipinski definition) is 3. The molecule has 0 radical (unpaired) electrons. The fourth-order valence-electron chi connectivity index (χ4n) is 1.76. The molecular weight excluding hydrogens is 228 g/mol. The van der Waals surface area contributed by atoms with Gasteiger partial charge in [0.25, 0.3) is 0 Å². The molecule has 0 fully saturated rings. The minimum Gasteiger partial charge on any atom is -0.313 e. The average Bonchev–Trinajstić information content (AvgIpc) is 2.32. The molecule has 0 aliphatic heterocycles. The molecule has 0 aromatic carbocycles. The summed E-state index contributed by atoms with van der Waals surface area (Å²) in [6.07, 6.45) is 1.23. The zero-order valence-corrected chi connectivity index (χ0v) is 13.3. The Bertz CT molecular complexity index is 158. The number of hydrogen-bond donors (Lipinski definition) is 1. The van der Waals surface area contributed by atoms with Gasteiger partial charge in [-0.05, 0) is 32.0 Å². The summed E-state index contributed by atoms with van der Waals surface area (Å²) in [5, 5.41) is 3.65. The topological polar surface area (TPSA) is 15.3 Å². The van der Waals surface area contributed by atoms with E-state index in [0.29, 0.717) is 6.04 Å². The van der Waals surface area contributed by atoms with Crippen LogP contribution in [0.15, 0.2) is 0 Å². The van der Waals surface area contributed by atoms with Crippen molar-refractivity contribution >= 4 is 11.8 Å². The molecule has 0 rings (SSSR count). The van der Waals surface area contributed by atoms with Crippen molar-refractivity contribution < 1.29 is 0 Å². The Labute approximate surface area is 113 Å². The van der Waals surface area contributed by atoms with Crippen molar-refractivity contribution in [1.82, 2.24) is 10.2 Å². The van der Waals surface area contributed by atoms with Crippen LogP contribution in [-0.4, -0.2) is 48.6 Å². The molecule has 0 aromatic rings. The second kappa shape index (κ2) is 11.4. The SMILES string of the molecule is CCCNC(CSCCN(CC)CC)C(C)C. The third-order valence-electron chi connectivity index (χ3n) is 3.20. The van der Waals surface area contributed by atoms with Crippen molar-refractivity contribution in [3.05, 3.63) is 0 Å². The predicted molar refractivity (Wildman–Crippen MR) is 82.0 cm³/mol. The Morgan fingerprint density at radius 2 is 1.76 bits per heavy atom. The molecule has 1 unspecified atom stereocenters. The van der Waals surface area contributed by atoms with E-state index in [2.05, 4.69) is 56.6 Å². The van der Waals surface area contributed by atoms with E-state index < -0.39 is 0 Å². The van der Waals surface area contributed by atoms with Gasteiger partial charge in [-0.3, -0.25) is 0 Å². The lowest BCUT2D eigenvalue weighted by Gasteiger charge is -2.23. The molecule has 1 N–H and O–H groups in total. The summed E-state index contributed by atoms with van der Waals surface area (Å²) in [7, 11) is 0. The smallest absolute Gasteiger partial charge is 0.0181 e. The van der Waals surface area contributed by atoms with E-state index in [1.54, 1.807) is 0 Å². The van der Waals surface area contributed by atoms with Gasteiger partial charge in [-0.1, -0.05) is 34.6 Å². The van der Waals surface area contributed by atoms with Crippen molar-refractivity contribution in [3.63, 3.8) is 0 Å². The van der Waals surface area contributed by atoms with Crippen molar-refractivity contribution in [1.29, 1.82) is 0 Å². The van der Waals surface area contributed by atoms with Crippen LogP contribution in [0.2, 0.25) is 0 Å². The van der Waals surface area contributed by atoms with Crippen LogP contribution in [-0.2, 0) is 0 Å². The van der Waals surface area contributed by atoms with Gasteiger partial charge in [-0.25, -0.2) is 0 Å². The monoisotopic (exact) mass is 260 g/mol. The molecule has 1 atom stereocenters. The van der Waals surface area contributed by atoms with Crippen LogP contribution in [0.25, 0.3) is 0 Å². The Hall–Kier alpha value is 0.270. The summed E-state index contributed by atoms with van der Waals surface area (Å²) in [6, 6.07) is 0.677. The fraction of sp³-hybridized carbons (Fsp3) is 1.00. The highest BCUT2D eigenvalue weighted by Crippen LogP contribution is 2.10. The quantitative estimate of drug-likeness (QED) is 0.575. The van der Waals surface area contributed by atoms with Gasteiger partial charge in [0.05, 0.1) is 0 Å². The molecule has 0 aromatic heterocycles. The standard InChI is InChI=1S/C14H32N2S/c1-6-9-15-14(13(4)5)12-17-11-10-16(7-2)8-3/h13-15H,6-12H2,1-5H3. The molecule has 0 aliphatic rings. The van der Waals surface area contributed by atoms with Crippen molar-refractivity contribution in [2.24, 2.45) is 5.92 Å².